The van der Waals surface area contributed by atoms with E-state index in [1.807, 2.05) is 26.0 Å². The molecule has 0 radical (unpaired) electrons. The summed E-state index contributed by atoms with van der Waals surface area (Å²) in [6.07, 6.45) is 1.07. The molecule has 1 saturated carbocycles. The van der Waals surface area contributed by atoms with Gasteiger partial charge in [-0.1, -0.05) is 61.0 Å². The van der Waals surface area contributed by atoms with Gasteiger partial charge < -0.3 is 4.84 Å². The number of benzene rings is 2. The first-order valence-corrected chi connectivity index (χ1v) is 8.88. The van der Waals surface area contributed by atoms with Gasteiger partial charge in [0, 0.05) is 5.92 Å². The Bertz CT molecular complexity index is 773. The fourth-order valence-corrected chi connectivity index (χ4v) is 3.08. The lowest BCUT2D eigenvalue weighted by molar-refractivity contribution is 0.0514. The van der Waals surface area contributed by atoms with Crippen LogP contribution < -0.4 is 0 Å². The van der Waals surface area contributed by atoms with E-state index in [-0.39, 0.29) is 0 Å². The van der Waals surface area contributed by atoms with Crippen molar-refractivity contribution in [2.45, 2.75) is 46.0 Å². The molecule has 1 aliphatic carbocycles. The summed E-state index contributed by atoms with van der Waals surface area (Å²) in [6.45, 7) is 8.33. The van der Waals surface area contributed by atoms with Crippen LogP contribution in [0, 0.1) is 12.8 Å². The minimum Gasteiger partial charge on any atom is -0.313 e. The highest BCUT2D eigenvalue weighted by atomic mass is 16.7. The second-order valence-corrected chi connectivity index (χ2v) is 7.25. The molecular weight excluding hydrogens is 310 g/mol. The van der Waals surface area contributed by atoms with E-state index >= 15 is 0 Å². The van der Waals surface area contributed by atoms with Crippen LogP contribution in [0.2, 0.25) is 0 Å². The molecule has 0 aliphatic heterocycles. The second-order valence-electron chi connectivity index (χ2n) is 7.25. The van der Waals surface area contributed by atoms with Crippen molar-refractivity contribution >= 4 is 11.7 Å². The Labute approximate surface area is 149 Å². The summed E-state index contributed by atoms with van der Waals surface area (Å²) >= 11 is 0. The summed E-state index contributed by atoms with van der Waals surface area (Å²) in [7, 11) is 0. The maximum atomic E-state index is 12.0. The zero-order valence-electron chi connectivity index (χ0n) is 15.3. The third-order valence-electron chi connectivity index (χ3n) is 4.92. The zero-order chi connectivity index (χ0) is 18.0. The van der Waals surface area contributed by atoms with E-state index in [4.69, 9.17) is 4.84 Å². The molecule has 0 saturated heterocycles. The van der Waals surface area contributed by atoms with Gasteiger partial charge in [-0.3, -0.25) is 0 Å². The molecule has 0 unspecified atom stereocenters. The minimum absolute atomic E-state index is 0.371. The molecule has 2 aromatic rings. The van der Waals surface area contributed by atoms with Gasteiger partial charge >= 0.3 is 5.97 Å². The Kier molecular flexibility index (Phi) is 5.03. The van der Waals surface area contributed by atoms with Gasteiger partial charge in [-0.25, -0.2) is 4.79 Å². The van der Waals surface area contributed by atoms with Crippen molar-refractivity contribution in [3.63, 3.8) is 0 Å². The highest BCUT2D eigenvalue weighted by Gasteiger charge is 2.40. The molecule has 2 atom stereocenters. The van der Waals surface area contributed by atoms with Crippen LogP contribution in [0.1, 0.15) is 66.1 Å². The number of carbonyl (C=O) groups excluding carboxylic acids is 1. The van der Waals surface area contributed by atoms with Crippen LogP contribution in [-0.4, -0.2) is 11.7 Å². The van der Waals surface area contributed by atoms with Gasteiger partial charge in [-0.15, -0.1) is 0 Å². The normalized spacial score (nSPS) is 19.8. The Morgan fingerprint density at radius 2 is 1.72 bits per heavy atom. The van der Waals surface area contributed by atoms with Crippen LogP contribution in [0.5, 0.6) is 0 Å². The van der Waals surface area contributed by atoms with Crippen molar-refractivity contribution < 1.29 is 9.63 Å². The first-order chi connectivity index (χ1) is 12.0. The molecule has 0 bridgehead atoms. The molecule has 3 heteroatoms. The molecule has 0 N–H and O–H groups in total. The lowest BCUT2D eigenvalue weighted by Gasteiger charge is -2.06. The summed E-state index contributed by atoms with van der Waals surface area (Å²) in [5, 5.41) is 4.07. The Hall–Kier alpha value is -2.42. The number of nitrogens with zero attached hydrogens (tertiary/aromatic N) is 1. The summed E-state index contributed by atoms with van der Waals surface area (Å²) in [5.41, 5.74) is 5.23. The summed E-state index contributed by atoms with van der Waals surface area (Å²) in [4.78, 5) is 17.1. The SMILES string of the molecule is C/C(=N/OC(=O)c1ccc(C)cc1)[C@H]1C[C@H]1c1ccc(C(C)C)cc1. The molecule has 25 heavy (non-hydrogen) atoms. The van der Waals surface area contributed by atoms with Crippen LogP contribution in [0.4, 0.5) is 0 Å². The molecule has 3 rings (SSSR count). The Morgan fingerprint density at radius 3 is 2.32 bits per heavy atom. The number of carbonyl (C=O) groups is 1. The van der Waals surface area contributed by atoms with Crippen molar-refractivity contribution in [2.75, 3.05) is 0 Å². The number of oxime groups is 1. The molecule has 3 nitrogen and oxygen atoms in total. The van der Waals surface area contributed by atoms with Crippen LogP contribution in [0.25, 0.3) is 0 Å². The van der Waals surface area contributed by atoms with Crippen LogP contribution in [0.3, 0.4) is 0 Å². The number of hydrogen-bond donors (Lipinski definition) is 0. The third kappa shape index (κ3) is 4.16. The average Bonchev–Trinajstić information content (AvgIpc) is 3.41. The fourth-order valence-electron chi connectivity index (χ4n) is 3.08. The van der Waals surface area contributed by atoms with E-state index in [9.17, 15) is 4.79 Å². The highest BCUT2D eigenvalue weighted by molar-refractivity contribution is 5.91. The van der Waals surface area contributed by atoms with E-state index in [0.717, 1.165) is 17.7 Å². The number of hydrogen-bond acceptors (Lipinski definition) is 3. The van der Waals surface area contributed by atoms with E-state index in [1.165, 1.54) is 11.1 Å². The summed E-state index contributed by atoms with van der Waals surface area (Å²) in [5.74, 6) is 1.00. The number of aryl methyl sites for hydroxylation is 1. The zero-order valence-corrected chi connectivity index (χ0v) is 15.3. The standard InChI is InChI=1S/C22H25NO2/c1-14(2)17-9-11-18(12-10-17)21-13-20(21)16(4)23-25-22(24)19-7-5-15(3)6-8-19/h5-12,14,20-21H,13H2,1-4H3/b23-16-/t20-,21+/m1/s1. The van der Waals surface area contributed by atoms with Gasteiger partial charge in [-0.05, 0) is 55.4 Å². The quantitative estimate of drug-likeness (QED) is 0.414. The van der Waals surface area contributed by atoms with Gasteiger partial charge in [0.15, 0.2) is 0 Å². The second kappa shape index (κ2) is 7.22. The first-order valence-electron chi connectivity index (χ1n) is 8.88. The third-order valence-corrected chi connectivity index (χ3v) is 4.92. The predicted octanol–water partition coefficient (Wildman–Crippen LogP) is 5.45. The first kappa shape index (κ1) is 17.4. The van der Waals surface area contributed by atoms with Crippen molar-refractivity contribution in [1.82, 2.24) is 0 Å². The summed E-state index contributed by atoms with van der Waals surface area (Å²) in [6, 6.07) is 16.2. The molecule has 0 aromatic heterocycles. The van der Waals surface area contributed by atoms with E-state index < -0.39 is 5.97 Å². The van der Waals surface area contributed by atoms with Crippen molar-refractivity contribution in [2.24, 2.45) is 11.1 Å². The van der Waals surface area contributed by atoms with E-state index in [2.05, 4.69) is 43.3 Å². The van der Waals surface area contributed by atoms with Gasteiger partial charge in [0.05, 0.1) is 11.3 Å². The molecule has 0 amide bonds. The Balaban J connectivity index is 1.58. The van der Waals surface area contributed by atoms with Gasteiger partial charge in [0.2, 0.25) is 0 Å². The van der Waals surface area contributed by atoms with Crippen LogP contribution in [0.15, 0.2) is 53.7 Å². The predicted molar refractivity (Wildman–Crippen MR) is 101 cm³/mol. The topological polar surface area (TPSA) is 38.7 Å². The van der Waals surface area contributed by atoms with Crippen molar-refractivity contribution in [1.29, 1.82) is 0 Å². The average molecular weight is 335 g/mol. The van der Waals surface area contributed by atoms with Gasteiger partial charge in [0.1, 0.15) is 0 Å². The summed E-state index contributed by atoms with van der Waals surface area (Å²) < 4.78 is 0. The molecule has 1 fully saturated rings. The van der Waals surface area contributed by atoms with Crippen molar-refractivity contribution in [3.05, 3.63) is 70.8 Å². The lowest BCUT2D eigenvalue weighted by atomic mass is 9.99. The van der Waals surface area contributed by atoms with E-state index in [1.54, 1.807) is 12.1 Å². The van der Waals surface area contributed by atoms with E-state index in [0.29, 0.717) is 23.3 Å². The molecule has 2 aromatic carbocycles. The van der Waals surface area contributed by atoms with Crippen LogP contribution in [-0.2, 0) is 4.84 Å². The minimum atomic E-state index is -0.405. The molecule has 130 valence electrons. The van der Waals surface area contributed by atoms with Crippen LogP contribution >= 0.6 is 0 Å². The molecule has 1 aliphatic rings. The molecular formula is C22H25NO2. The van der Waals surface area contributed by atoms with Gasteiger partial charge in [0.25, 0.3) is 0 Å². The monoisotopic (exact) mass is 335 g/mol. The fraction of sp³-hybridized carbons (Fsp3) is 0.364. The maximum Gasteiger partial charge on any atom is 0.365 e. The number of rotatable bonds is 5. The van der Waals surface area contributed by atoms with Crippen molar-refractivity contribution in [3.8, 4) is 0 Å². The smallest absolute Gasteiger partial charge is 0.313 e. The van der Waals surface area contributed by atoms with Gasteiger partial charge in [-0.2, -0.15) is 0 Å². The highest BCUT2D eigenvalue weighted by Crippen LogP contribution is 2.48. The Morgan fingerprint density at radius 1 is 1.08 bits per heavy atom. The molecule has 0 heterocycles. The largest absolute Gasteiger partial charge is 0.365 e. The molecule has 0 spiro atoms. The maximum absolute atomic E-state index is 12.0. The lowest BCUT2D eigenvalue weighted by Crippen LogP contribution is -2.04.